The number of carboxylic acid groups (broad SMARTS) is 1. The molecular weight excluding hydrogens is 224 g/mol. The van der Waals surface area contributed by atoms with Crippen molar-refractivity contribution in [3.05, 3.63) is 22.8 Å². The number of rotatable bonds is 2. The van der Waals surface area contributed by atoms with Crippen LogP contribution in [0.4, 0.5) is 0 Å². The fourth-order valence-corrected chi connectivity index (χ4v) is 2.80. The van der Waals surface area contributed by atoms with Gasteiger partial charge in [0.05, 0.1) is 0 Å². The molecule has 2 heterocycles. The topological polar surface area (TPSA) is 63.1 Å². The largest absolute Gasteiger partial charge is 0.481 e. The third kappa shape index (κ3) is 2.52. The van der Waals surface area contributed by atoms with Crippen LogP contribution in [0.2, 0.25) is 0 Å². The highest BCUT2D eigenvalue weighted by Gasteiger charge is 2.15. The van der Waals surface area contributed by atoms with Gasteiger partial charge in [-0.25, -0.2) is 9.97 Å². The average Bonchev–Trinajstić information content (AvgIpc) is 2.41. The van der Waals surface area contributed by atoms with Crippen molar-refractivity contribution in [3.63, 3.8) is 0 Å². The van der Waals surface area contributed by atoms with Gasteiger partial charge in [0.1, 0.15) is 12.2 Å². The molecule has 0 fully saturated rings. The second-order valence-corrected chi connectivity index (χ2v) is 5.06. The summed E-state index contributed by atoms with van der Waals surface area (Å²) in [6, 6.07) is 0. The van der Waals surface area contributed by atoms with Crippen LogP contribution in [0, 0.1) is 6.92 Å². The van der Waals surface area contributed by atoms with E-state index in [1.54, 1.807) is 0 Å². The first-order valence-electron chi connectivity index (χ1n) is 5.31. The number of hydrogen-bond acceptors (Lipinski definition) is 4. The van der Waals surface area contributed by atoms with Crippen LogP contribution < -0.4 is 0 Å². The zero-order chi connectivity index (χ0) is 11.5. The third-order valence-electron chi connectivity index (χ3n) is 2.63. The number of nitrogens with zero attached hydrogens (tertiary/aromatic N) is 2. The molecule has 0 amide bonds. The maximum absolute atomic E-state index is 10.6. The minimum absolute atomic E-state index is 0.0821. The van der Waals surface area contributed by atoms with Gasteiger partial charge in [-0.15, -0.1) is 0 Å². The van der Waals surface area contributed by atoms with Gasteiger partial charge >= 0.3 is 5.97 Å². The van der Waals surface area contributed by atoms with Gasteiger partial charge in [-0.1, -0.05) is 0 Å². The SMILES string of the molecule is Cc1nc(CC(=O)O)nc2c1CCSCC2. The lowest BCUT2D eigenvalue weighted by molar-refractivity contribution is -0.136. The first-order valence-corrected chi connectivity index (χ1v) is 6.47. The molecule has 86 valence electrons. The number of hydrogen-bond donors (Lipinski definition) is 1. The highest BCUT2D eigenvalue weighted by Crippen LogP contribution is 2.20. The Bertz CT molecular complexity index is 421. The van der Waals surface area contributed by atoms with E-state index in [2.05, 4.69) is 9.97 Å². The molecule has 1 aliphatic heterocycles. The van der Waals surface area contributed by atoms with Crippen LogP contribution >= 0.6 is 11.8 Å². The maximum atomic E-state index is 10.6. The average molecular weight is 238 g/mol. The molecule has 1 aliphatic rings. The first-order chi connectivity index (χ1) is 7.66. The van der Waals surface area contributed by atoms with Crippen molar-refractivity contribution in [3.8, 4) is 0 Å². The summed E-state index contributed by atoms with van der Waals surface area (Å²) < 4.78 is 0. The van der Waals surface area contributed by atoms with Gasteiger partial charge in [-0.05, 0) is 36.8 Å². The molecule has 0 atom stereocenters. The second-order valence-electron chi connectivity index (χ2n) is 3.83. The van der Waals surface area contributed by atoms with E-state index in [0.717, 1.165) is 35.7 Å². The highest BCUT2D eigenvalue weighted by atomic mass is 32.2. The van der Waals surface area contributed by atoms with Gasteiger partial charge in [0.2, 0.25) is 0 Å². The van der Waals surface area contributed by atoms with Gasteiger partial charge in [0.15, 0.2) is 0 Å². The minimum Gasteiger partial charge on any atom is -0.481 e. The second kappa shape index (κ2) is 4.82. The van der Waals surface area contributed by atoms with E-state index in [4.69, 9.17) is 5.11 Å². The van der Waals surface area contributed by atoms with E-state index in [0.29, 0.717) is 5.82 Å². The van der Waals surface area contributed by atoms with E-state index in [1.807, 2.05) is 18.7 Å². The molecular formula is C11H14N2O2S. The summed E-state index contributed by atoms with van der Waals surface area (Å²) in [5, 5.41) is 8.73. The number of carboxylic acids is 1. The Balaban J connectivity index is 2.35. The summed E-state index contributed by atoms with van der Waals surface area (Å²) in [4.78, 5) is 19.3. The molecule has 0 unspecified atom stereocenters. The van der Waals surface area contributed by atoms with E-state index >= 15 is 0 Å². The molecule has 0 spiro atoms. The van der Waals surface area contributed by atoms with Crippen LogP contribution in [0.5, 0.6) is 0 Å². The third-order valence-corrected chi connectivity index (χ3v) is 3.62. The Kier molecular flexibility index (Phi) is 3.43. The van der Waals surface area contributed by atoms with E-state index in [-0.39, 0.29) is 6.42 Å². The standard InChI is InChI=1S/C11H14N2O2S/c1-7-8-2-4-16-5-3-9(8)13-10(12-7)6-11(14)15/h2-6H2,1H3,(H,14,15). The summed E-state index contributed by atoms with van der Waals surface area (Å²) in [7, 11) is 0. The molecule has 5 heteroatoms. The minimum atomic E-state index is -0.873. The van der Waals surface area contributed by atoms with Crippen LogP contribution in [0.25, 0.3) is 0 Å². The van der Waals surface area contributed by atoms with Crippen molar-refractivity contribution in [1.29, 1.82) is 0 Å². The van der Waals surface area contributed by atoms with E-state index < -0.39 is 5.97 Å². The molecule has 16 heavy (non-hydrogen) atoms. The lowest BCUT2D eigenvalue weighted by Crippen LogP contribution is -2.11. The van der Waals surface area contributed by atoms with Crippen LogP contribution in [0.1, 0.15) is 22.8 Å². The monoisotopic (exact) mass is 238 g/mol. The van der Waals surface area contributed by atoms with Crippen molar-refractivity contribution in [1.82, 2.24) is 9.97 Å². The van der Waals surface area contributed by atoms with Gasteiger partial charge in [0.25, 0.3) is 0 Å². The van der Waals surface area contributed by atoms with Crippen molar-refractivity contribution in [2.75, 3.05) is 11.5 Å². The molecule has 2 rings (SSSR count). The summed E-state index contributed by atoms with van der Waals surface area (Å²) in [6.07, 6.45) is 1.84. The number of aliphatic carboxylic acids is 1. The Morgan fingerprint density at radius 3 is 2.88 bits per heavy atom. The van der Waals surface area contributed by atoms with Gasteiger partial charge in [0, 0.05) is 11.4 Å². The molecule has 1 aromatic rings. The number of aromatic nitrogens is 2. The van der Waals surface area contributed by atoms with E-state index in [9.17, 15) is 4.79 Å². The predicted octanol–water partition coefficient (Wildman–Crippen LogP) is 1.24. The molecule has 0 bridgehead atoms. The zero-order valence-electron chi connectivity index (χ0n) is 9.19. The molecule has 0 saturated heterocycles. The number of carbonyl (C=O) groups is 1. The van der Waals surface area contributed by atoms with Crippen molar-refractivity contribution < 1.29 is 9.90 Å². The quantitative estimate of drug-likeness (QED) is 0.840. The molecule has 0 aliphatic carbocycles. The van der Waals surface area contributed by atoms with Gasteiger partial charge in [-0.3, -0.25) is 4.79 Å². The highest BCUT2D eigenvalue weighted by molar-refractivity contribution is 7.99. The Morgan fingerprint density at radius 1 is 1.38 bits per heavy atom. The fraction of sp³-hybridized carbons (Fsp3) is 0.545. The Hall–Kier alpha value is -1.10. The number of fused-ring (bicyclic) bond motifs is 1. The lowest BCUT2D eigenvalue weighted by Gasteiger charge is -2.09. The Morgan fingerprint density at radius 2 is 2.12 bits per heavy atom. The summed E-state index contributed by atoms with van der Waals surface area (Å²) in [6.45, 7) is 1.95. The zero-order valence-corrected chi connectivity index (χ0v) is 10.0. The Labute approximate surface area is 98.5 Å². The number of thioether (sulfide) groups is 1. The van der Waals surface area contributed by atoms with Crippen molar-refractivity contribution in [2.24, 2.45) is 0 Å². The van der Waals surface area contributed by atoms with E-state index in [1.165, 1.54) is 5.56 Å². The predicted molar refractivity (Wildman–Crippen MR) is 62.8 cm³/mol. The fourth-order valence-electron chi connectivity index (χ4n) is 1.91. The van der Waals surface area contributed by atoms with Crippen LogP contribution in [0.15, 0.2) is 0 Å². The molecule has 1 aromatic heterocycles. The molecule has 1 N–H and O–H groups in total. The van der Waals surface area contributed by atoms with Crippen LogP contribution in [-0.2, 0) is 24.1 Å². The summed E-state index contributed by atoms with van der Waals surface area (Å²) >= 11 is 1.92. The van der Waals surface area contributed by atoms with Gasteiger partial charge in [-0.2, -0.15) is 11.8 Å². The smallest absolute Gasteiger partial charge is 0.311 e. The van der Waals surface area contributed by atoms with Crippen LogP contribution in [-0.4, -0.2) is 32.5 Å². The van der Waals surface area contributed by atoms with Crippen LogP contribution in [0.3, 0.4) is 0 Å². The first kappa shape index (κ1) is 11.4. The lowest BCUT2D eigenvalue weighted by atomic mass is 10.1. The maximum Gasteiger partial charge on any atom is 0.311 e. The summed E-state index contributed by atoms with van der Waals surface area (Å²) in [5.74, 6) is 1.74. The molecule has 0 radical (unpaired) electrons. The van der Waals surface area contributed by atoms with Gasteiger partial charge < -0.3 is 5.11 Å². The van der Waals surface area contributed by atoms with Crippen molar-refractivity contribution >= 4 is 17.7 Å². The summed E-state index contributed by atoms with van der Waals surface area (Å²) in [5.41, 5.74) is 3.22. The number of aryl methyl sites for hydroxylation is 2. The molecule has 0 saturated carbocycles. The molecule has 0 aromatic carbocycles. The molecule has 4 nitrogen and oxygen atoms in total. The normalized spacial score (nSPS) is 15.3. The van der Waals surface area contributed by atoms with Crippen molar-refractivity contribution in [2.45, 2.75) is 26.2 Å².